The minimum Gasteiger partial charge on any atom is -0.358 e. The number of carbonyl (C=O) groups is 1. The van der Waals surface area contributed by atoms with Crippen LogP contribution in [0, 0.1) is 0 Å². The molecule has 1 unspecified atom stereocenters. The highest BCUT2D eigenvalue weighted by atomic mass is 79.9. The Morgan fingerprint density at radius 3 is 2.71 bits per heavy atom. The lowest BCUT2D eigenvalue weighted by atomic mass is 10.1. The zero-order chi connectivity index (χ0) is 10.7. The molecular weight excluding hydrogens is 289 g/mol. The molecule has 1 aromatic carbocycles. The average molecular weight is 297 g/mol. The number of amides is 1. The van der Waals surface area contributed by atoms with Gasteiger partial charge >= 0.3 is 0 Å². The zero-order valence-electron chi connectivity index (χ0n) is 7.35. The van der Waals surface area contributed by atoms with Gasteiger partial charge in [-0.3, -0.25) is 4.79 Å². The first-order valence-corrected chi connectivity index (χ1v) is 5.47. The highest BCUT2D eigenvalue weighted by Gasteiger charge is 2.16. The van der Waals surface area contributed by atoms with Crippen LogP contribution in [0.5, 0.6) is 0 Å². The number of hydrogen-bond donors (Lipinski definition) is 1. The molecule has 0 aliphatic rings. The van der Waals surface area contributed by atoms with Crippen molar-refractivity contribution in [3.63, 3.8) is 0 Å². The summed E-state index contributed by atoms with van der Waals surface area (Å²) in [5, 5.41) is 2.38. The first-order valence-electron chi connectivity index (χ1n) is 3.87. The van der Waals surface area contributed by atoms with Gasteiger partial charge in [0, 0.05) is 11.5 Å². The van der Waals surface area contributed by atoms with Crippen LogP contribution in [-0.4, -0.2) is 13.0 Å². The molecule has 5 heteroatoms. The van der Waals surface area contributed by atoms with Gasteiger partial charge in [-0.05, 0) is 33.6 Å². The van der Waals surface area contributed by atoms with E-state index in [-0.39, 0.29) is 5.91 Å². The lowest BCUT2D eigenvalue weighted by Crippen LogP contribution is -2.22. The monoisotopic (exact) mass is 295 g/mol. The predicted molar refractivity (Wildman–Crippen MR) is 61.8 cm³/mol. The number of rotatable bonds is 2. The van der Waals surface area contributed by atoms with E-state index in [9.17, 15) is 4.79 Å². The van der Waals surface area contributed by atoms with Crippen molar-refractivity contribution in [2.45, 2.75) is 5.38 Å². The second-order valence-electron chi connectivity index (χ2n) is 2.65. The first kappa shape index (κ1) is 11.8. The molecule has 0 aliphatic carbocycles. The summed E-state index contributed by atoms with van der Waals surface area (Å²) in [5.74, 6) is -0.235. The molecule has 0 fully saturated rings. The van der Waals surface area contributed by atoms with Crippen LogP contribution < -0.4 is 5.32 Å². The lowest BCUT2D eigenvalue weighted by Gasteiger charge is -2.08. The highest BCUT2D eigenvalue weighted by Crippen LogP contribution is 2.28. The summed E-state index contributed by atoms with van der Waals surface area (Å²) in [6, 6.07) is 5.15. The second kappa shape index (κ2) is 5.01. The van der Waals surface area contributed by atoms with E-state index in [1.807, 2.05) is 0 Å². The summed E-state index contributed by atoms with van der Waals surface area (Å²) in [6.45, 7) is 0. The maximum atomic E-state index is 11.2. The van der Waals surface area contributed by atoms with E-state index in [0.29, 0.717) is 10.6 Å². The van der Waals surface area contributed by atoms with E-state index in [1.165, 1.54) is 0 Å². The van der Waals surface area contributed by atoms with Gasteiger partial charge in [-0.1, -0.05) is 17.7 Å². The van der Waals surface area contributed by atoms with E-state index in [0.717, 1.165) is 4.47 Å². The van der Waals surface area contributed by atoms with Crippen LogP contribution in [0.1, 0.15) is 10.9 Å². The zero-order valence-corrected chi connectivity index (χ0v) is 10.4. The molecule has 0 radical (unpaired) electrons. The van der Waals surface area contributed by atoms with Gasteiger partial charge in [0.2, 0.25) is 5.91 Å². The molecule has 1 N–H and O–H groups in total. The molecule has 1 amide bonds. The molecule has 2 nitrogen and oxygen atoms in total. The Kier molecular flexibility index (Phi) is 4.23. The first-order chi connectivity index (χ1) is 6.56. The topological polar surface area (TPSA) is 29.1 Å². The van der Waals surface area contributed by atoms with Crippen molar-refractivity contribution < 1.29 is 4.79 Å². The number of benzene rings is 1. The minimum absolute atomic E-state index is 0.235. The molecule has 0 aromatic heterocycles. The number of hydrogen-bond acceptors (Lipinski definition) is 1. The third-order valence-corrected chi connectivity index (χ3v) is 3.38. The number of likely N-dealkylation sites (N-methyl/N-ethyl adjacent to an activating group) is 1. The van der Waals surface area contributed by atoms with E-state index >= 15 is 0 Å². The number of alkyl halides is 1. The molecule has 1 aromatic rings. The molecule has 0 aliphatic heterocycles. The number of halogens is 3. The number of nitrogens with one attached hydrogen (secondary N) is 1. The maximum Gasteiger partial charge on any atom is 0.242 e. The van der Waals surface area contributed by atoms with Gasteiger partial charge in [-0.15, -0.1) is 11.6 Å². The van der Waals surface area contributed by atoms with Gasteiger partial charge < -0.3 is 5.32 Å². The molecule has 0 saturated heterocycles. The van der Waals surface area contributed by atoms with Gasteiger partial charge in [0.1, 0.15) is 5.38 Å². The lowest BCUT2D eigenvalue weighted by molar-refractivity contribution is -0.120. The third-order valence-electron chi connectivity index (χ3n) is 1.71. The van der Waals surface area contributed by atoms with Crippen molar-refractivity contribution >= 4 is 45.0 Å². The Labute approximate surface area is 101 Å². The van der Waals surface area contributed by atoms with Crippen LogP contribution in [0.3, 0.4) is 0 Å². The molecular formula is C9H8BrCl2NO. The molecule has 0 bridgehead atoms. The Bertz CT molecular complexity index is 357. The standard InChI is InChI=1S/C9H8BrCl2NO/c1-13-9(14)8(12)5-2-3-7(11)6(10)4-5/h2-4,8H,1H3,(H,13,14). The Morgan fingerprint density at radius 1 is 1.57 bits per heavy atom. The van der Waals surface area contributed by atoms with Gasteiger partial charge in [0.25, 0.3) is 0 Å². The van der Waals surface area contributed by atoms with E-state index in [2.05, 4.69) is 21.2 Å². The quantitative estimate of drug-likeness (QED) is 0.835. The molecule has 1 atom stereocenters. The third kappa shape index (κ3) is 2.62. The van der Waals surface area contributed by atoms with Crippen LogP contribution >= 0.6 is 39.1 Å². The highest BCUT2D eigenvalue weighted by molar-refractivity contribution is 9.10. The van der Waals surface area contributed by atoms with Gasteiger partial charge in [-0.25, -0.2) is 0 Å². The fraction of sp³-hybridized carbons (Fsp3) is 0.222. The van der Waals surface area contributed by atoms with E-state index in [4.69, 9.17) is 23.2 Å². The predicted octanol–water partition coefficient (Wildman–Crippen LogP) is 3.13. The summed E-state index contributed by atoms with van der Waals surface area (Å²) in [4.78, 5) is 11.2. The van der Waals surface area contributed by atoms with Crippen molar-refractivity contribution in [3.8, 4) is 0 Å². The largest absolute Gasteiger partial charge is 0.358 e. The van der Waals surface area contributed by atoms with E-state index < -0.39 is 5.38 Å². The molecule has 1 rings (SSSR count). The minimum atomic E-state index is -0.687. The van der Waals surface area contributed by atoms with Gasteiger partial charge in [-0.2, -0.15) is 0 Å². The maximum absolute atomic E-state index is 11.2. The summed E-state index contributed by atoms with van der Waals surface area (Å²) >= 11 is 15.0. The fourth-order valence-corrected chi connectivity index (χ4v) is 1.71. The van der Waals surface area contributed by atoms with E-state index in [1.54, 1.807) is 25.2 Å². The Morgan fingerprint density at radius 2 is 2.21 bits per heavy atom. The normalized spacial score (nSPS) is 12.3. The Hall–Kier alpha value is -0.250. The summed E-state index contributed by atoms with van der Waals surface area (Å²) in [6.07, 6.45) is 0. The van der Waals surface area contributed by atoms with Crippen LogP contribution in [0.25, 0.3) is 0 Å². The van der Waals surface area contributed by atoms with Gasteiger partial charge in [0.05, 0.1) is 5.02 Å². The van der Waals surface area contributed by atoms with Crippen molar-refractivity contribution in [2.75, 3.05) is 7.05 Å². The number of carbonyl (C=O) groups excluding carboxylic acids is 1. The molecule has 0 saturated carbocycles. The van der Waals surface area contributed by atoms with Crippen molar-refractivity contribution in [1.82, 2.24) is 5.32 Å². The molecule has 76 valence electrons. The van der Waals surface area contributed by atoms with Crippen LogP contribution in [0.15, 0.2) is 22.7 Å². The van der Waals surface area contributed by atoms with Crippen LogP contribution in [-0.2, 0) is 4.79 Å². The van der Waals surface area contributed by atoms with Crippen LogP contribution in [0.2, 0.25) is 5.02 Å². The van der Waals surface area contributed by atoms with Crippen LogP contribution in [0.4, 0.5) is 0 Å². The summed E-state index contributed by atoms with van der Waals surface area (Å²) < 4.78 is 0.728. The average Bonchev–Trinajstić information content (AvgIpc) is 2.20. The Balaban J connectivity index is 2.96. The smallest absolute Gasteiger partial charge is 0.242 e. The van der Waals surface area contributed by atoms with Crippen molar-refractivity contribution in [3.05, 3.63) is 33.3 Å². The summed E-state index contributed by atoms with van der Waals surface area (Å²) in [7, 11) is 1.54. The molecule has 0 heterocycles. The van der Waals surface area contributed by atoms with Gasteiger partial charge in [0.15, 0.2) is 0 Å². The summed E-state index contributed by atoms with van der Waals surface area (Å²) in [5.41, 5.74) is 0.710. The SMILES string of the molecule is CNC(=O)C(Cl)c1ccc(Cl)c(Br)c1. The van der Waals surface area contributed by atoms with Crippen molar-refractivity contribution in [2.24, 2.45) is 0 Å². The fourth-order valence-electron chi connectivity index (χ4n) is 0.948. The van der Waals surface area contributed by atoms with Crippen molar-refractivity contribution in [1.29, 1.82) is 0 Å². The second-order valence-corrected chi connectivity index (χ2v) is 4.35. The molecule has 0 spiro atoms. The molecule has 14 heavy (non-hydrogen) atoms.